The lowest BCUT2D eigenvalue weighted by Crippen LogP contribution is -2.57. The molecule has 0 radical (unpaired) electrons. The molecule has 0 aromatic rings. The van der Waals surface area contributed by atoms with Gasteiger partial charge in [0.05, 0.1) is 11.8 Å². The van der Waals surface area contributed by atoms with E-state index in [0.29, 0.717) is 16.6 Å². The number of methoxy groups -OCH3 is 2. The Bertz CT molecular complexity index is 617. The first kappa shape index (κ1) is 17.8. The Morgan fingerprint density at radius 1 is 1.22 bits per heavy atom. The van der Waals surface area contributed by atoms with Crippen LogP contribution in [0.4, 0.5) is 13.2 Å². The molecular weight excluding hydrogens is 355 g/mol. The summed E-state index contributed by atoms with van der Waals surface area (Å²) >= 11 is -0.599. The van der Waals surface area contributed by atoms with Crippen LogP contribution in [-0.2, 0) is 19.5 Å². The number of alkyl halides is 3. The molecule has 0 N–H and O–H groups in total. The molecule has 0 unspecified atom stereocenters. The molecule has 1 aliphatic heterocycles. The van der Waals surface area contributed by atoms with Gasteiger partial charge in [-0.1, -0.05) is 13.8 Å². The summed E-state index contributed by atoms with van der Waals surface area (Å²) in [6, 6.07) is -0.990. The molecule has 2 bridgehead atoms. The van der Waals surface area contributed by atoms with Gasteiger partial charge >= 0.3 is 5.51 Å². The van der Waals surface area contributed by atoms with E-state index in [9.17, 15) is 21.6 Å². The summed E-state index contributed by atoms with van der Waals surface area (Å²) in [6.45, 7) is 3.82. The van der Waals surface area contributed by atoms with E-state index < -0.39 is 50.1 Å². The Hall–Kier alpha value is -0.0300. The van der Waals surface area contributed by atoms with Crippen molar-refractivity contribution >= 4 is 22.0 Å². The van der Waals surface area contributed by atoms with Crippen molar-refractivity contribution in [1.82, 2.24) is 3.71 Å². The summed E-state index contributed by atoms with van der Waals surface area (Å²) in [6.07, 6.45) is 1.23. The lowest BCUT2D eigenvalue weighted by Gasteiger charge is -2.44. The summed E-state index contributed by atoms with van der Waals surface area (Å²) in [7, 11) is -1.33. The van der Waals surface area contributed by atoms with Crippen LogP contribution in [0.3, 0.4) is 0 Å². The molecule has 2 saturated carbocycles. The summed E-state index contributed by atoms with van der Waals surface area (Å²) in [4.78, 5) is 0. The SMILES string of the molecule is COC1(OC)[C@H]2CC[C@]3(CS(=O)(=O)N(SC(F)(F)F)[C@H]13)C2(C)C. The highest BCUT2D eigenvalue weighted by Crippen LogP contribution is 2.75. The van der Waals surface area contributed by atoms with Crippen LogP contribution in [0.5, 0.6) is 0 Å². The number of fused-ring (bicyclic) bond motifs is 1. The van der Waals surface area contributed by atoms with Crippen molar-refractivity contribution in [2.75, 3.05) is 20.0 Å². The summed E-state index contributed by atoms with van der Waals surface area (Å²) in [5.74, 6) is -1.82. The fraction of sp³-hybridized carbons (Fsp3) is 1.00. The van der Waals surface area contributed by atoms with Gasteiger partial charge in [0.15, 0.2) is 5.79 Å². The van der Waals surface area contributed by atoms with Gasteiger partial charge in [-0.2, -0.15) is 13.2 Å². The smallest absolute Gasteiger partial charge is 0.351 e. The van der Waals surface area contributed by atoms with E-state index in [-0.39, 0.29) is 11.7 Å². The third-order valence-corrected chi connectivity index (χ3v) is 9.32. The van der Waals surface area contributed by atoms with Gasteiger partial charge < -0.3 is 9.47 Å². The minimum Gasteiger partial charge on any atom is -0.351 e. The highest BCUT2D eigenvalue weighted by atomic mass is 32.3. The van der Waals surface area contributed by atoms with E-state index in [4.69, 9.17) is 9.47 Å². The van der Waals surface area contributed by atoms with Crippen LogP contribution < -0.4 is 0 Å². The van der Waals surface area contributed by atoms with Gasteiger partial charge in [0.2, 0.25) is 10.0 Å². The molecule has 1 spiro atoms. The molecule has 5 nitrogen and oxygen atoms in total. The fourth-order valence-electron chi connectivity index (χ4n) is 5.24. The van der Waals surface area contributed by atoms with Crippen molar-refractivity contribution in [2.45, 2.75) is 44.0 Å². The van der Waals surface area contributed by atoms with Crippen LogP contribution in [0.15, 0.2) is 0 Å². The molecule has 10 heteroatoms. The molecule has 1 saturated heterocycles. The van der Waals surface area contributed by atoms with Crippen LogP contribution in [-0.4, -0.2) is 49.4 Å². The number of ether oxygens (including phenoxy) is 2. The average Bonchev–Trinajstić information content (AvgIpc) is 2.85. The van der Waals surface area contributed by atoms with Crippen LogP contribution in [0, 0.1) is 16.7 Å². The van der Waals surface area contributed by atoms with E-state index in [1.807, 2.05) is 13.8 Å². The number of nitrogens with zero attached hydrogens (tertiary/aromatic N) is 1. The molecule has 3 aliphatic rings. The summed E-state index contributed by atoms with van der Waals surface area (Å²) in [5.41, 5.74) is -6.00. The van der Waals surface area contributed by atoms with Gasteiger partial charge in [0, 0.05) is 37.5 Å². The van der Waals surface area contributed by atoms with E-state index >= 15 is 0 Å². The molecule has 0 aromatic carbocycles. The Morgan fingerprint density at radius 2 is 1.78 bits per heavy atom. The third-order valence-electron chi connectivity index (χ3n) is 6.18. The molecule has 23 heavy (non-hydrogen) atoms. The second-order valence-corrected chi connectivity index (χ2v) is 10.2. The quantitative estimate of drug-likeness (QED) is 0.561. The Labute approximate surface area is 138 Å². The number of hydrogen-bond donors (Lipinski definition) is 0. The van der Waals surface area contributed by atoms with E-state index in [2.05, 4.69) is 0 Å². The first-order valence-corrected chi connectivity index (χ1v) is 9.64. The van der Waals surface area contributed by atoms with E-state index in [1.54, 1.807) is 0 Å². The fourth-order valence-corrected chi connectivity index (χ4v) is 8.89. The monoisotopic (exact) mass is 375 g/mol. The maximum absolute atomic E-state index is 13.0. The summed E-state index contributed by atoms with van der Waals surface area (Å²) in [5, 5.41) is 0. The topological polar surface area (TPSA) is 55.8 Å². The van der Waals surface area contributed by atoms with Gasteiger partial charge in [-0.15, -0.1) is 3.71 Å². The first-order chi connectivity index (χ1) is 10.4. The predicted molar refractivity (Wildman–Crippen MR) is 78.7 cm³/mol. The molecule has 3 rings (SSSR count). The lowest BCUT2D eigenvalue weighted by atomic mass is 9.69. The van der Waals surface area contributed by atoms with Gasteiger partial charge in [0.1, 0.15) is 0 Å². The maximum Gasteiger partial charge on any atom is 0.457 e. The van der Waals surface area contributed by atoms with E-state index in [0.717, 1.165) is 0 Å². The molecule has 0 aromatic heterocycles. The van der Waals surface area contributed by atoms with Crippen molar-refractivity contribution in [1.29, 1.82) is 0 Å². The molecule has 3 atom stereocenters. The van der Waals surface area contributed by atoms with Gasteiger partial charge in [-0.05, 0) is 18.3 Å². The van der Waals surface area contributed by atoms with Crippen molar-refractivity contribution in [2.24, 2.45) is 16.7 Å². The minimum atomic E-state index is -4.70. The van der Waals surface area contributed by atoms with Crippen molar-refractivity contribution < 1.29 is 31.1 Å². The molecule has 0 amide bonds. The lowest BCUT2D eigenvalue weighted by molar-refractivity contribution is -0.259. The number of rotatable bonds is 3. The van der Waals surface area contributed by atoms with Crippen LogP contribution in [0.25, 0.3) is 0 Å². The zero-order valence-electron chi connectivity index (χ0n) is 13.3. The Balaban J connectivity index is 2.19. The average molecular weight is 375 g/mol. The van der Waals surface area contributed by atoms with Crippen molar-refractivity contribution in [3.8, 4) is 0 Å². The van der Waals surface area contributed by atoms with Gasteiger partial charge in [0.25, 0.3) is 0 Å². The number of hydrogen-bond acceptors (Lipinski definition) is 5. The molecular formula is C13H20F3NO4S2. The molecule has 1 heterocycles. The first-order valence-electron chi connectivity index (χ1n) is 7.26. The van der Waals surface area contributed by atoms with Crippen LogP contribution in [0.2, 0.25) is 0 Å². The van der Waals surface area contributed by atoms with Gasteiger partial charge in [-0.25, -0.2) is 8.42 Å². The highest BCUT2D eigenvalue weighted by Gasteiger charge is 2.82. The van der Waals surface area contributed by atoms with Gasteiger partial charge in [-0.3, -0.25) is 0 Å². The normalized spacial score (nSPS) is 40.5. The van der Waals surface area contributed by atoms with E-state index in [1.165, 1.54) is 14.2 Å². The number of sulfonamides is 1. The maximum atomic E-state index is 13.0. The predicted octanol–water partition coefficient (Wildman–Crippen LogP) is 2.59. The Morgan fingerprint density at radius 3 is 2.26 bits per heavy atom. The largest absolute Gasteiger partial charge is 0.457 e. The highest BCUT2D eigenvalue weighted by molar-refractivity contribution is 8.09. The second-order valence-electron chi connectivity index (χ2n) is 7.05. The molecule has 134 valence electrons. The van der Waals surface area contributed by atoms with Crippen molar-refractivity contribution in [3.63, 3.8) is 0 Å². The zero-order valence-corrected chi connectivity index (χ0v) is 14.9. The Kier molecular flexibility index (Phi) is 3.69. The summed E-state index contributed by atoms with van der Waals surface area (Å²) < 4.78 is 75.6. The standard InChI is InChI=1S/C13H20F3NO4S2/c1-10(2)8-5-6-11(10)7-23(18,19)17(22-13(14,15)16)9(11)12(8,20-3)21-4/h8-9H,5-7H2,1-4H3/t8-,9-,11+/m0/s1. The number of halogens is 3. The van der Waals surface area contributed by atoms with Crippen LogP contribution in [0.1, 0.15) is 26.7 Å². The molecule has 2 aliphatic carbocycles. The molecule has 3 fully saturated rings. The van der Waals surface area contributed by atoms with Crippen molar-refractivity contribution in [3.05, 3.63) is 0 Å². The minimum absolute atomic E-state index is 0.165. The second kappa shape index (κ2) is 4.78. The van der Waals surface area contributed by atoms with Crippen LogP contribution >= 0.6 is 11.9 Å². The zero-order chi connectivity index (χ0) is 17.5. The third kappa shape index (κ3) is 2.01.